The number of benzene rings is 2. The summed E-state index contributed by atoms with van der Waals surface area (Å²) in [5, 5.41) is 0. The smallest absolute Gasteiger partial charge is 0.241 e. The second kappa shape index (κ2) is 10.6. The van der Waals surface area contributed by atoms with Crippen LogP contribution in [0.1, 0.15) is 19.4 Å². The van der Waals surface area contributed by atoms with Gasteiger partial charge < -0.3 is 9.64 Å². The van der Waals surface area contributed by atoms with Crippen molar-refractivity contribution in [2.24, 2.45) is 0 Å². The Labute approximate surface area is 184 Å². The van der Waals surface area contributed by atoms with Gasteiger partial charge in [0.1, 0.15) is 17.3 Å². The summed E-state index contributed by atoms with van der Waals surface area (Å²) in [7, 11) is -3.96. The number of carbonyl (C=O) groups is 1. The van der Waals surface area contributed by atoms with E-state index in [1.165, 1.54) is 17.0 Å². The van der Waals surface area contributed by atoms with Crippen molar-refractivity contribution in [3.63, 3.8) is 0 Å². The maximum atomic E-state index is 14.0. The van der Waals surface area contributed by atoms with Crippen LogP contribution in [0, 0.1) is 5.82 Å². The zero-order chi connectivity index (χ0) is 22.3. The summed E-state index contributed by atoms with van der Waals surface area (Å²) in [6, 6.07) is 10.8. The average Bonchev–Trinajstić information content (AvgIpc) is 2.64. The van der Waals surface area contributed by atoms with Gasteiger partial charge in [0.25, 0.3) is 0 Å². The van der Waals surface area contributed by atoms with Crippen molar-refractivity contribution >= 4 is 37.5 Å². The molecular weight excluding hydrogens is 475 g/mol. The molecule has 2 aromatic carbocycles. The molecular formula is C21H24BrFN2O4S. The van der Waals surface area contributed by atoms with Crippen LogP contribution in [0.15, 0.2) is 59.6 Å². The predicted octanol–water partition coefficient (Wildman–Crippen LogP) is 4.33. The van der Waals surface area contributed by atoms with Gasteiger partial charge in [-0.15, -0.1) is 6.58 Å². The van der Waals surface area contributed by atoms with Crippen LogP contribution in [0.5, 0.6) is 5.75 Å². The summed E-state index contributed by atoms with van der Waals surface area (Å²) in [5.41, 5.74) is 0.581. The van der Waals surface area contributed by atoms with Crippen molar-refractivity contribution in [1.29, 1.82) is 0 Å². The summed E-state index contributed by atoms with van der Waals surface area (Å²) < 4.78 is 47.5. The van der Waals surface area contributed by atoms with E-state index in [4.69, 9.17) is 4.74 Å². The van der Waals surface area contributed by atoms with Crippen LogP contribution >= 0.6 is 15.9 Å². The third kappa shape index (κ3) is 7.46. The van der Waals surface area contributed by atoms with Gasteiger partial charge in [0, 0.05) is 28.8 Å². The van der Waals surface area contributed by atoms with E-state index in [2.05, 4.69) is 27.2 Å². The highest BCUT2D eigenvalue weighted by Crippen LogP contribution is 2.19. The molecule has 9 heteroatoms. The lowest BCUT2D eigenvalue weighted by atomic mass is 10.2. The van der Waals surface area contributed by atoms with E-state index in [9.17, 15) is 17.6 Å². The van der Waals surface area contributed by atoms with Gasteiger partial charge in [-0.3, -0.25) is 9.52 Å². The molecule has 1 N–H and O–H groups in total. The molecule has 0 unspecified atom stereocenters. The molecule has 0 aromatic heterocycles. The summed E-state index contributed by atoms with van der Waals surface area (Å²) in [6.07, 6.45) is 1.46. The van der Waals surface area contributed by atoms with Gasteiger partial charge in [0.15, 0.2) is 0 Å². The fourth-order valence-corrected chi connectivity index (χ4v) is 4.11. The highest BCUT2D eigenvalue weighted by molar-refractivity contribution is 9.10. The minimum Gasteiger partial charge on any atom is -0.491 e. The molecule has 1 amide bonds. The average molecular weight is 499 g/mol. The third-order valence-corrected chi connectivity index (χ3v) is 5.55. The van der Waals surface area contributed by atoms with Gasteiger partial charge in [-0.25, -0.2) is 12.8 Å². The second-order valence-corrected chi connectivity index (χ2v) is 9.49. The monoisotopic (exact) mass is 498 g/mol. The summed E-state index contributed by atoms with van der Waals surface area (Å²) >= 11 is 3.26. The lowest BCUT2D eigenvalue weighted by Crippen LogP contribution is -2.37. The zero-order valence-electron chi connectivity index (χ0n) is 16.8. The number of hydrogen-bond acceptors (Lipinski definition) is 4. The minimum absolute atomic E-state index is 0.00363. The molecule has 162 valence electrons. The van der Waals surface area contributed by atoms with Crippen LogP contribution in [0.2, 0.25) is 0 Å². The van der Waals surface area contributed by atoms with Crippen molar-refractivity contribution in [1.82, 2.24) is 4.90 Å². The molecule has 0 radical (unpaired) electrons. The molecule has 0 fully saturated rings. The first-order valence-electron chi connectivity index (χ1n) is 9.19. The Kier molecular flexibility index (Phi) is 8.43. The maximum Gasteiger partial charge on any atom is 0.241 e. The number of nitrogens with zero attached hydrogens (tertiary/aromatic N) is 1. The van der Waals surface area contributed by atoms with Gasteiger partial charge in [0.2, 0.25) is 15.9 Å². The quantitative estimate of drug-likeness (QED) is 0.494. The third-order valence-electron chi connectivity index (χ3n) is 3.88. The number of hydrogen-bond donors (Lipinski definition) is 1. The molecule has 30 heavy (non-hydrogen) atoms. The molecule has 0 aliphatic carbocycles. The van der Waals surface area contributed by atoms with Crippen LogP contribution in [-0.4, -0.2) is 37.6 Å². The predicted molar refractivity (Wildman–Crippen MR) is 119 cm³/mol. The van der Waals surface area contributed by atoms with Crippen LogP contribution in [0.25, 0.3) is 0 Å². The minimum atomic E-state index is -3.96. The van der Waals surface area contributed by atoms with Crippen molar-refractivity contribution in [2.75, 3.05) is 17.0 Å². The van der Waals surface area contributed by atoms with E-state index in [1.54, 1.807) is 36.4 Å². The zero-order valence-corrected chi connectivity index (χ0v) is 19.2. The molecule has 2 rings (SSSR count). The van der Waals surface area contributed by atoms with Gasteiger partial charge in [-0.05, 0) is 56.3 Å². The van der Waals surface area contributed by atoms with E-state index in [0.717, 1.165) is 0 Å². The number of carbonyl (C=O) groups excluding carboxylic acids is 1. The standard InChI is InChI=1S/C21H24BrFN2O4S/c1-4-11-25(13-16-12-17(22)5-10-20(16)23)21(26)14-30(27,28)24-18-6-8-19(9-7-18)29-15(2)3/h4-10,12,15,24H,1,11,13-14H2,2-3H3. The molecule has 6 nitrogen and oxygen atoms in total. The molecule has 0 spiro atoms. The Bertz CT molecular complexity index is 995. The lowest BCUT2D eigenvalue weighted by Gasteiger charge is -2.22. The Morgan fingerprint density at radius 1 is 1.27 bits per heavy atom. The molecule has 0 atom stereocenters. The van der Waals surface area contributed by atoms with E-state index in [0.29, 0.717) is 15.9 Å². The van der Waals surface area contributed by atoms with Crippen molar-refractivity contribution in [3.05, 3.63) is 71.0 Å². The van der Waals surface area contributed by atoms with Gasteiger partial charge >= 0.3 is 0 Å². The van der Waals surface area contributed by atoms with Crippen LogP contribution in [-0.2, 0) is 21.4 Å². The van der Waals surface area contributed by atoms with E-state index >= 15 is 0 Å². The van der Waals surface area contributed by atoms with Crippen molar-refractivity contribution < 1.29 is 22.3 Å². The Hall–Kier alpha value is -2.39. The summed E-state index contributed by atoms with van der Waals surface area (Å²) in [6.45, 7) is 7.36. The number of rotatable bonds is 10. The van der Waals surface area contributed by atoms with Gasteiger partial charge in [-0.1, -0.05) is 22.0 Å². The summed E-state index contributed by atoms with van der Waals surface area (Å²) in [5.74, 6) is -1.32. The number of ether oxygens (including phenoxy) is 1. The first-order valence-corrected chi connectivity index (χ1v) is 11.6. The van der Waals surface area contributed by atoms with Crippen molar-refractivity contribution in [3.8, 4) is 5.75 Å². The molecule has 0 heterocycles. The first-order chi connectivity index (χ1) is 14.1. The highest BCUT2D eigenvalue weighted by Gasteiger charge is 2.22. The molecule has 0 bridgehead atoms. The van der Waals surface area contributed by atoms with E-state index < -0.39 is 27.5 Å². The molecule has 0 aliphatic rings. The molecule has 2 aromatic rings. The number of anilines is 1. The Morgan fingerprint density at radius 2 is 1.93 bits per heavy atom. The van der Waals surface area contributed by atoms with Crippen LogP contribution < -0.4 is 9.46 Å². The Morgan fingerprint density at radius 3 is 2.53 bits per heavy atom. The SMILES string of the molecule is C=CCN(Cc1cc(Br)ccc1F)C(=O)CS(=O)(=O)Nc1ccc(OC(C)C)cc1. The number of halogens is 2. The molecule has 0 saturated carbocycles. The second-order valence-electron chi connectivity index (χ2n) is 6.85. The fourth-order valence-electron chi connectivity index (χ4n) is 2.62. The van der Waals surface area contributed by atoms with Crippen molar-refractivity contribution in [2.45, 2.75) is 26.5 Å². The maximum absolute atomic E-state index is 14.0. The number of amides is 1. The van der Waals surface area contributed by atoms with Gasteiger partial charge in [-0.2, -0.15) is 0 Å². The Balaban J connectivity index is 2.08. The topological polar surface area (TPSA) is 75.7 Å². The lowest BCUT2D eigenvalue weighted by molar-refractivity contribution is -0.128. The van der Waals surface area contributed by atoms with Gasteiger partial charge in [0.05, 0.1) is 6.10 Å². The number of nitrogens with one attached hydrogen (secondary N) is 1. The summed E-state index contributed by atoms with van der Waals surface area (Å²) in [4.78, 5) is 13.9. The molecule has 0 saturated heterocycles. The number of sulfonamides is 1. The highest BCUT2D eigenvalue weighted by atomic mass is 79.9. The van der Waals surface area contributed by atoms with E-state index in [1.807, 2.05) is 13.8 Å². The van der Waals surface area contributed by atoms with Crippen LogP contribution in [0.3, 0.4) is 0 Å². The normalized spacial score (nSPS) is 11.2. The first kappa shape index (κ1) is 23.9. The van der Waals surface area contributed by atoms with E-state index in [-0.39, 0.29) is 24.8 Å². The van der Waals surface area contributed by atoms with Crippen LogP contribution in [0.4, 0.5) is 10.1 Å². The molecule has 0 aliphatic heterocycles. The largest absolute Gasteiger partial charge is 0.491 e. The fraction of sp³-hybridized carbons (Fsp3) is 0.286.